The standard InChI is InChI=1S/C11H22N2O4/c1-5-6-7-8-13(11(2,3)4)10(15)17-9(14)12-16/h16H,5-8H2,1-4H3,(H,12,14). The maximum Gasteiger partial charge on any atom is 0.440 e. The summed E-state index contributed by atoms with van der Waals surface area (Å²) in [7, 11) is 0. The van der Waals surface area contributed by atoms with Crippen molar-refractivity contribution in [3.05, 3.63) is 0 Å². The number of carbonyl (C=O) groups is 2. The van der Waals surface area contributed by atoms with Crippen molar-refractivity contribution >= 4 is 12.2 Å². The molecule has 0 aromatic rings. The minimum Gasteiger partial charge on any atom is -0.358 e. The van der Waals surface area contributed by atoms with Gasteiger partial charge in [0.2, 0.25) is 0 Å². The summed E-state index contributed by atoms with van der Waals surface area (Å²) in [4.78, 5) is 23.9. The van der Waals surface area contributed by atoms with Gasteiger partial charge in [0.25, 0.3) is 0 Å². The van der Waals surface area contributed by atoms with Gasteiger partial charge in [-0.3, -0.25) is 5.21 Å². The molecule has 0 aliphatic rings. The van der Waals surface area contributed by atoms with Crippen molar-refractivity contribution in [3.63, 3.8) is 0 Å². The van der Waals surface area contributed by atoms with Gasteiger partial charge in [0, 0.05) is 12.1 Å². The van der Waals surface area contributed by atoms with Crippen molar-refractivity contribution in [2.75, 3.05) is 6.54 Å². The van der Waals surface area contributed by atoms with Crippen LogP contribution in [0.1, 0.15) is 47.0 Å². The average molecular weight is 246 g/mol. The van der Waals surface area contributed by atoms with Gasteiger partial charge in [-0.05, 0) is 27.2 Å². The molecule has 0 aromatic heterocycles. The molecule has 100 valence electrons. The van der Waals surface area contributed by atoms with Crippen molar-refractivity contribution in [3.8, 4) is 0 Å². The number of carbonyl (C=O) groups excluding carboxylic acids is 2. The van der Waals surface area contributed by atoms with Crippen LogP contribution in [0, 0.1) is 0 Å². The zero-order valence-corrected chi connectivity index (χ0v) is 10.9. The van der Waals surface area contributed by atoms with Crippen molar-refractivity contribution in [2.24, 2.45) is 0 Å². The molecule has 0 aromatic carbocycles. The van der Waals surface area contributed by atoms with Crippen molar-refractivity contribution in [2.45, 2.75) is 52.5 Å². The Labute approximate surface area is 102 Å². The number of rotatable bonds is 4. The minimum atomic E-state index is -1.17. The van der Waals surface area contributed by atoms with Gasteiger partial charge in [-0.2, -0.15) is 0 Å². The van der Waals surface area contributed by atoms with Crippen LogP contribution in [0.4, 0.5) is 9.59 Å². The normalized spacial score (nSPS) is 10.9. The number of nitrogens with one attached hydrogen (secondary N) is 1. The van der Waals surface area contributed by atoms with Gasteiger partial charge in [-0.25, -0.2) is 15.1 Å². The second kappa shape index (κ2) is 7.11. The van der Waals surface area contributed by atoms with Crippen LogP contribution in [0.5, 0.6) is 0 Å². The molecule has 2 amide bonds. The molecule has 0 bridgehead atoms. The fourth-order valence-corrected chi connectivity index (χ4v) is 1.38. The van der Waals surface area contributed by atoms with Gasteiger partial charge < -0.3 is 9.64 Å². The topological polar surface area (TPSA) is 78.9 Å². The Balaban J connectivity index is 4.47. The lowest BCUT2D eigenvalue weighted by Crippen LogP contribution is -2.47. The lowest BCUT2D eigenvalue weighted by atomic mass is 10.1. The van der Waals surface area contributed by atoms with Crippen LogP contribution in [-0.4, -0.2) is 34.4 Å². The molecule has 0 aliphatic carbocycles. The lowest BCUT2D eigenvalue weighted by molar-refractivity contribution is 0.0649. The van der Waals surface area contributed by atoms with Crippen LogP contribution < -0.4 is 5.48 Å². The van der Waals surface area contributed by atoms with E-state index in [9.17, 15) is 9.59 Å². The van der Waals surface area contributed by atoms with Gasteiger partial charge in [0.05, 0.1) is 0 Å². The van der Waals surface area contributed by atoms with Gasteiger partial charge >= 0.3 is 12.2 Å². The highest BCUT2D eigenvalue weighted by atomic mass is 16.6. The Morgan fingerprint density at radius 2 is 1.88 bits per heavy atom. The van der Waals surface area contributed by atoms with Gasteiger partial charge in [0.15, 0.2) is 0 Å². The molecule has 0 radical (unpaired) electrons. The first-order valence-corrected chi connectivity index (χ1v) is 5.76. The zero-order chi connectivity index (χ0) is 13.5. The predicted octanol–water partition coefficient (Wildman–Crippen LogP) is 2.51. The summed E-state index contributed by atoms with van der Waals surface area (Å²) in [5.74, 6) is 0. The Bertz CT molecular complexity index is 261. The summed E-state index contributed by atoms with van der Waals surface area (Å²) < 4.78 is 4.41. The highest BCUT2D eigenvalue weighted by molar-refractivity contribution is 5.83. The molecule has 0 spiro atoms. The quantitative estimate of drug-likeness (QED) is 0.346. The van der Waals surface area contributed by atoms with E-state index in [0.717, 1.165) is 19.3 Å². The van der Waals surface area contributed by atoms with Crippen LogP contribution in [-0.2, 0) is 4.74 Å². The second-order valence-electron chi connectivity index (χ2n) is 4.80. The predicted molar refractivity (Wildman–Crippen MR) is 62.8 cm³/mol. The Kier molecular flexibility index (Phi) is 6.57. The maximum atomic E-state index is 11.7. The monoisotopic (exact) mass is 246 g/mol. The first kappa shape index (κ1) is 15.7. The van der Waals surface area contributed by atoms with Crippen LogP contribution in [0.3, 0.4) is 0 Å². The van der Waals surface area contributed by atoms with Crippen molar-refractivity contribution in [1.29, 1.82) is 0 Å². The van der Waals surface area contributed by atoms with E-state index in [1.165, 1.54) is 10.4 Å². The fourth-order valence-electron chi connectivity index (χ4n) is 1.38. The van der Waals surface area contributed by atoms with Crippen LogP contribution >= 0.6 is 0 Å². The first-order chi connectivity index (χ1) is 7.82. The van der Waals surface area contributed by atoms with E-state index in [0.29, 0.717) is 6.54 Å². The summed E-state index contributed by atoms with van der Waals surface area (Å²) >= 11 is 0. The van der Waals surface area contributed by atoms with E-state index in [2.05, 4.69) is 11.7 Å². The molecule has 0 saturated heterocycles. The Morgan fingerprint density at radius 1 is 1.29 bits per heavy atom. The van der Waals surface area contributed by atoms with E-state index in [1.54, 1.807) is 0 Å². The van der Waals surface area contributed by atoms with E-state index in [-0.39, 0.29) is 0 Å². The second-order valence-corrected chi connectivity index (χ2v) is 4.80. The number of hydrogen-bond acceptors (Lipinski definition) is 4. The van der Waals surface area contributed by atoms with E-state index in [4.69, 9.17) is 5.21 Å². The van der Waals surface area contributed by atoms with Gasteiger partial charge in [0.1, 0.15) is 0 Å². The third kappa shape index (κ3) is 6.11. The molecule has 0 fully saturated rings. The summed E-state index contributed by atoms with van der Waals surface area (Å²) in [5.41, 5.74) is 0.831. The largest absolute Gasteiger partial charge is 0.440 e. The third-order valence-corrected chi connectivity index (χ3v) is 2.29. The van der Waals surface area contributed by atoms with E-state index in [1.807, 2.05) is 20.8 Å². The summed E-state index contributed by atoms with van der Waals surface area (Å²) in [6.45, 7) is 8.17. The Morgan fingerprint density at radius 3 is 2.29 bits per heavy atom. The number of ether oxygens (including phenoxy) is 1. The number of hydroxylamine groups is 1. The number of amides is 2. The number of unbranched alkanes of at least 4 members (excludes halogenated alkanes) is 2. The highest BCUT2D eigenvalue weighted by Gasteiger charge is 2.28. The molecular formula is C11H22N2O4. The SMILES string of the molecule is CCCCCN(C(=O)OC(=O)NO)C(C)(C)C. The zero-order valence-electron chi connectivity index (χ0n) is 10.9. The summed E-state index contributed by atoms with van der Waals surface area (Å²) in [5, 5.41) is 8.29. The highest BCUT2D eigenvalue weighted by Crippen LogP contribution is 2.16. The molecule has 0 aliphatic heterocycles. The maximum absolute atomic E-state index is 11.7. The Hall–Kier alpha value is -1.30. The van der Waals surface area contributed by atoms with E-state index >= 15 is 0 Å². The molecular weight excluding hydrogens is 224 g/mol. The van der Waals surface area contributed by atoms with Crippen LogP contribution in [0.25, 0.3) is 0 Å². The molecule has 0 atom stereocenters. The molecule has 17 heavy (non-hydrogen) atoms. The number of nitrogens with zero attached hydrogens (tertiary/aromatic N) is 1. The minimum absolute atomic E-state index is 0.430. The molecule has 6 nitrogen and oxygen atoms in total. The van der Waals surface area contributed by atoms with Crippen LogP contribution in [0.2, 0.25) is 0 Å². The van der Waals surface area contributed by atoms with Gasteiger partial charge in [-0.15, -0.1) is 0 Å². The van der Waals surface area contributed by atoms with Crippen molar-refractivity contribution in [1.82, 2.24) is 10.4 Å². The lowest BCUT2D eigenvalue weighted by Gasteiger charge is -2.34. The molecule has 6 heteroatoms. The molecule has 0 heterocycles. The molecule has 2 N–H and O–H groups in total. The molecule has 0 unspecified atom stereocenters. The fraction of sp³-hybridized carbons (Fsp3) is 0.818. The first-order valence-electron chi connectivity index (χ1n) is 5.76. The third-order valence-electron chi connectivity index (χ3n) is 2.29. The van der Waals surface area contributed by atoms with Crippen LogP contribution in [0.15, 0.2) is 0 Å². The molecule has 0 rings (SSSR count). The van der Waals surface area contributed by atoms with E-state index < -0.39 is 17.7 Å². The smallest absolute Gasteiger partial charge is 0.358 e. The number of hydrogen-bond donors (Lipinski definition) is 2. The summed E-state index contributed by atoms with van der Waals surface area (Å²) in [6.07, 6.45) is 0.986. The summed E-state index contributed by atoms with van der Waals surface area (Å²) in [6, 6.07) is 0. The average Bonchev–Trinajstić information content (AvgIpc) is 2.22. The van der Waals surface area contributed by atoms with Crippen molar-refractivity contribution < 1.29 is 19.5 Å². The molecule has 0 saturated carbocycles. The van der Waals surface area contributed by atoms with Gasteiger partial charge in [-0.1, -0.05) is 19.8 Å².